The molecular formula is C22H40O4. The van der Waals surface area contributed by atoms with E-state index in [0.29, 0.717) is 6.42 Å². The summed E-state index contributed by atoms with van der Waals surface area (Å²) in [5.74, 6) is -0.993. The summed E-state index contributed by atoms with van der Waals surface area (Å²) in [6, 6.07) is 0. The second-order valence-corrected chi connectivity index (χ2v) is 6.50. The molecule has 0 fully saturated rings. The maximum absolute atomic E-state index is 10.3. The first-order valence-corrected chi connectivity index (χ1v) is 10.2. The minimum atomic E-state index is -0.664. The molecule has 0 aromatic carbocycles. The number of hydrogen-bond donors (Lipinski definition) is 1. The van der Waals surface area contributed by atoms with Crippen LogP contribution in [0.5, 0.6) is 0 Å². The Morgan fingerprint density at radius 3 is 1.69 bits per heavy atom. The van der Waals surface area contributed by atoms with Crippen LogP contribution in [-0.2, 0) is 14.3 Å². The lowest BCUT2D eigenvalue weighted by molar-refractivity contribution is -0.137. The minimum Gasteiger partial charge on any atom is -0.481 e. The van der Waals surface area contributed by atoms with Gasteiger partial charge in [-0.3, -0.25) is 9.59 Å². The van der Waals surface area contributed by atoms with Gasteiger partial charge in [-0.25, -0.2) is 0 Å². The van der Waals surface area contributed by atoms with Gasteiger partial charge in [-0.2, -0.15) is 0 Å². The van der Waals surface area contributed by atoms with E-state index in [4.69, 9.17) is 5.11 Å². The topological polar surface area (TPSA) is 63.6 Å². The number of carboxylic acid groups (broad SMARTS) is 1. The SMILES string of the molecule is C=COC(C)=O.CCCCCCCC/C=C\CCCCCCCC(=O)O. The molecule has 0 atom stereocenters. The largest absolute Gasteiger partial charge is 0.481 e. The van der Waals surface area contributed by atoms with Crippen LogP contribution in [0.2, 0.25) is 0 Å². The molecule has 0 saturated heterocycles. The van der Waals surface area contributed by atoms with E-state index in [0.717, 1.165) is 19.1 Å². The number of carbonyl (C=O) groups is 2. The van der Waals surface area contributed by atoms with Crippen LogP contribution in [0.1, 0.15) is 104 Å². The second kappa shape index (κ2) is 23.4. The molecule has 0 spiro atoms. The molecule has 0 amide bonds. The first-order chi connectivity index (χ1) is 12.5. The van der Waals surface area contributed by atoms with Crippen LogP contribution in [0.25, 0.3) is 0 Å². The smallest absolute Gasteiger partial charge is 0.307 e. The molecule has 0 aliphatic carbocycles. The molecule has 26 heavy (non-hydrogen) atoms. The first kappa shape index (κ1) is 26.6. The summed E-state index contributed by atoms with van der Waals surface area (Å²) in [4.78, 5) is 20.1. The summed E-state index contributed by atoms with van der Waals surface area (Å²) in [6.45, 7) is 6.74. The van der Waals surface area contributed by atoms with Crippen molar-refractivity contribution in [1.82, 2.24) is 0 Å². The van der Waals surface area contributed by atoms with Gasteiger partial charge in [0.1, 0.15) is 0 Å². The number of ether oxygens (including phenoxy) is 1. The second-order valence-electron chi connectivity index (χ2n) is 6.50. The van der Waals surface area contributed by atoms with Gasteiger partial charge in [0.05, 0.1) is 6.26 Å². The van der Waals surface area contributed by atoms with E-state index in [-0.39, 0.29) is 5.97 Å². The predicted octanol–water partition coefficient (Wildman–Crippen LogP) is 6.80. The zero-order chi connectivity index (χ0) is 19.9. The molecule has 4 heteroatoms. The van der Waals surface area contributed by atoms with Crippen molar-refractivity contribution in [2.45, 2.75) is 104 Å². The number of aliphatic carboxylic acids is 1. The van der Waals surface area contributed by atoms with Gasteiger partial charge in [0.2, 0.25) is 0 Å². The Morgan fingerprint density at radius 1 is 0.846 bits per heavy atom. The predicted molar refractivity (Wildman–Crippen MR) is 109 cm³/mol. The van der Waals surface area contributed by atoms with E-state index >= 15 is 0 Å². The first-order valence-electron chi connectivity index (χ1n) is 10.2. The maximum atomic E-state index is 10.3. The average Bonchev–Trinajstić information content (AvgIpc) is 2.58. The van der Waals surface area contributed by atoms with Crippen LogP contribution >= 0.6 is 0 Å². The van der Waals surface area contributed by atoms with Gasteiger partial charge in [-0.1, -0.05) is 77.0 Å². The summed E-state index contributed by atoms with van der Waals surface area (Å²) in [5.41, 5.74) is 0. The zero-order valence-electron chi connectivity index (χ0n) is 17.0. The molecule has 0 aliphatic rings. The number of carboxylic acids is 1. The van der Waals surface area contributed by atoms with E-state index in [1.807, 2.05) is 0 Å². The molecule has 0 aliphatic heterocycles. The summed E-state index contributed by atoms with van der Waals surface area (Å²) in [7, 11) is 0. The standard InChI is InChI=1S/C18H34O2.C4H6O2/c1-2-3-4-5-6-7-8-9-10-11-12-13-14-15-16-17-18(19)20;1-3-6-4(2)5/h9-10H,2-8,11-17H2,1H3,(H,19,20);3H,1H2,2H3/b10-9-;. The van der Waals surface area contributed by atoms with Gasteiger partial charge in [0, 0.05) is 13.3 Å². The van der Waals surface area contributed by atoms with Gasteiger partial charge in [-0.15, -0.1) is 0 Å². The van der Waals surface area contributed by atoms with E-state index in [9.17, 15) is 9.59 Å². The monoisotopic (exact) mass is 368 g/mol. The number of unbranched alkanes of at least 4 members (excludes halogenated alkanes) is 11. The lowest BCUT2D eigenvalue weighted by Gasteiger charge is -1.99. The molecule has 0 unspecified atom stereocenters. The Morgan fingerprint density at radius 2 is 1.31 bits per heavy atom. The minimum absolute atomic E-state index is 0.329. The number of allylic oxidation sites excluding steroid dienone is 2. The summed E-state index contributed by atoms with van der Waals surface area (Å²) >= 11 is 0. The lowest BCUT2D eigenvalue weighted by Crippen LogP contribution is -1.93. The molecule has 1 N–H and O–H groups in total. The molecule has 0 bridgehead atoms. The molecule has 0 aromatic rings. The molecule has 0 rings (SSSR count). The molecule has 0 aromatic heterocycles. The van der Waals surface area contributed by atoms with Crippen molar-refractivity contribution < 1.29 is 19.4 Å². The highest BCUT2D eigenvalue weighted by Crippen LogP contribution is 2.09. The van der Waals surface area contributed by atoms with Crippen molar-refractivity contribution in [2.75, 3.05) is 0 Å². The van der Waals surface area contributed by atoms with Crippen molar-refractivity contribution in [2.24, 2.45) is 0 Å². The number of carbonyl (C=O) groups excluding carboxylic acids is 1. The summed E-state index contributed by atoms with van der Waals surface area (Å²) in [5, 5.41) is 8.51. The third-order valence-electron chi connectivity index (χ3n) is 3.90. The number of hydrogen-bond acceptors (Lipinski definition) is 3. The Kier molecular flexibility index (Phi) is 24.0. The molecular weight excluding hydrogens is 328 g/mol. The van der Waals surface area contributed by atoms with Crippen LogP contribution in [0.4, 0.5) is 0 Å². The molecule has 4 nitrogen and oxygen atoms in total. The van der Waals surface area contributed by atoms with E-state index in [1.165, 1.54) is 77.6 Å². The van der Waals surface area contributed by atoms with Gasteiger partial charge >= 0.3 is 11.9 Å². The van der Waals surface area contributed by atoms with Gasteiger partial charge < -0.3 is 9.84 Å². The van der Waals surface area contributed by atoms with E-state index in [2.05, 4.69) is 30.4 Å². The normalized spacial score (nSPS) is 10.2. The lowest BCUT2D eigenvalue weighted by atomic mass is 10.1. The fourth-order valence-electron chi connectivity index (χ4n) is 2.46. The molecule has 0 heterocycles. The van der Waals surface area contributed by atoms with Gasteiger partial charge in [-0.05, 0) is 32.1 Å². The fraction of sp³-hybridized carbons (Fsp3) is 0.727. The number of rotatable bonds is 16. The van der Waals surface area contributed by atoms with Crippen molar-refractivity contribution in [1.29, 1.82) is 0 Å². The van der Waals surface area contributed by atoms with Gasteiger partial charge in [0.25, 0.3) is 0 Å². The third-order valence-corrected chi connectivity index (χ3v) is 3.90. The molecule has 152 valence electrons. The highest BCUT2D eigenvalue weighted by Gasteiger charge is 1.95. The fourth-order valence-corrected chi connectivity index (χ4v) is 2.46. The summed E-state index contributed by atoms with van der Waals surface area (Å²) in [6.07, 6.45) is 22.3. The van der Waals surface area contributed by atoms with Crippen molar-refractivity contribution in [3.63, 3.8) is 0 Å². The quantitative estimate of drug-likeness (QED) is 0.141. The Labute approximate surface area is 160 Å². The zero-order valence-corrected chi connectivity index (χ0v) is 17.0. The highest BCUT2D eigenvalue weighted by atomic mass is 16.5. The van der Waals surface area contributed by atoms with Crippen molar-refractivity contribution in [3.8, 4) is 0 Å². The highest BCUT2D eigenvalue weighted by molar-refractivity contribution is 5.66. The Hall–Kier alpha value is -1.58. The summed E-state index contributed by atoms with van der Waals surface area (Å²) < 4.78 is 4.17. The van der Waals surface area contributed by atoms with Crippen LogP contribution in [0, 0.1) is 0 Å². The molecule has 0 saturated carbocycles. The van der Waals surface area contributed by atoms with Crippen molar-refractivity contribution >= 4 is 11.9 Å². The van der Waals surface area contributed by atoms with Crippen LogP contribution in [-0.4, -0.2) is 17.0 Å². The van der Waals surface area contributed by atoms with Crippen molar-refractivity contribution in [3.05, 3.63) is 25.0 Å². The van der Waals surface area contributed by atoms with E-state index in [1.54, 1.807) is 0 Å². The van der Waals surface area contributed by atoms with Crippen LogP contribution in [0.3, 0.4) is 0 Å². The average molecular weight is 369 g/mol. The Bertz CT molecular complexity index is 361. The Balaban J connectivity index is 0. The number of esters is 1. The third kappa shape index (κ3) is 30.3. The van der Waals surface area contributed by atoms with Crippen LogP contribution in [0.15, 0.2) is 25.0 Å². The van der Waals surface area contributed by atoms with Gasteiger partial charge in [0.15, 0.2) is 0 Å². The maximum Gasteiger partial charge on any atom is 0.307 e. The molecule has 0 radical (unpaired) electrons. The van der Waals surface area contributed by atoms with E-state index < -0.39 is 5.97 Å². The van der Waals surface area contributed by atoms with Crippen LogP contribution < -0.4 is 0 Å².